The molecule has 1 aromatic rings. The first-order valence-electron chi connectivity index (χ1n) is 10.2. The van der Waals surface area contributed by atoms with Crippen LogP contribution in [0.2, 0.25) is 0 Å². The van der Waals surface area contributed by atoms with Gasteiger partial charge in [0.25, 0.3) is 5.97 Å². The standard InChI is InChI=1S/C19H25BrF3N3O4.C2H4O2/c1-11-14(19(21,22)23)8-24-16(15(11)20)26-7-6-25(17(28)30-18(3,4)5)9-13(26)10-29-12(2)27;1-2(3)4/h8,13H,6-7,9-10H2,1-5H3;1H3,(H,3,4)/t13-;/m1./s1. The van der Waals surface area contributed by atoms with E-state index in [4.69, 9.17) is 19.4 Å². The Morgan fingerprint density at radius 2 is 1.76 bits per heavy atom. The van der Waals surface area contributed by atoms with Gasteiger partial charge in [0.2, 0.25) is 0 Å². The van der Waals surface area contributed by atoms with Crippen molar-refractivity contribution in [3.63, 3.8) is 0 Å². The van der Waals surface area contributed by atoms with E-state index in [-0.39, 0.29) is 36.3 Å². The fourth-order valence-corrected chi connectivity index (χ4v) is 3.58. The van der Waals surface area contributed by atoms with Gasteiger partial charge < -0.3 is 24.4 Å². The lowest BCUT2D eigenvalue weighted by molar-refractivity contribution is -0.142. The molecular weight excluding hydrogens is 527 g/mol. The van der Waals surface area contributed by atoms with Crippen LogP contribution in [0.3, 0.4) is 0 Å². The molecule has 1 aliphatic rings. The number of rotatable bonds is 3. The molecule has 1 atom stereocenters. The molecule has 1 aliphatic heterocycles. The number of carbonyl (C=O) groups excluding carboxylic acids is 2. The van der Waals surface area contributed by atoms with Gasteiger partial charge in [-0.15, -0.1) is 0 Å². The summed E-state index contributed by atoms with van der Waals surface area (Å²) in [4.78, 5) is 40.0. The molecular formula is C21H29BrF3N3O6. The predicted octanol–water partition coefficient (Wildman–Crippen LogP) is 4.25. The number of esters is 1. The summed E-state index contributed by atoms with van der Waals surface area (Å²) in [5.74, 6) is -1.04. The smallest absolute Gasteiger partial charge is 0.418 e. The van der Waals surface area contributed by atoms with Crippen LogP contribution in [0.15, 0.2) is 10.7 Å². The number of aliphatic carboxylic acids is 1. The van der Waals surface area contributed by atoms with Crippen LogP contribution in [0, 0.1) is 6.92 Å². The number of ether oxygens (including phenoxy) is 2. The van der Waals surface area contributed by atoms with E-state index >= 15 is 0 Å². The molecule has 2 heterocycles. The molecule has 1 saturated heterocycles. The first-order chi connectivity index (χ1) is 15.4. The van der Waals surface area contributed by atoms with Gasteiger partial charge in [0.05, 0.1) is 16.1 Å². The first-order valence-corrected chi connectivity index (χ1v) is 11.0. The average Bonchev–Trinajstić information content (AvgIpc) is 2.65. The molecule has 1 aromatic heterocycles. The molecule has 0 spiro atoms. The van der Waals surface area contributed by atoms with Crippen LogP contribution >= 0.6 is 15.9 Å². The number of carboxylic acid groups (broad SMARTS) is 1. The molecule has 13 heteroatoms. The van der Waals surface area contributed by atoms with Crippen molar-refractivity contribution < 1.29 is 42.1 Å². The minimum Gasteiger partial charge on any atom is -0.481 e. The summed E-state index contributed by atoms with van der Waals surface area (Å²) < 4.78 is 50.3. The molecule has 0 bridgehead atoms. The quantitative estimate of drug-likeness (QED) is 0.551. The highest BCUT2D eigenvalue weighted by Crippen LogP contribution is 2.38. The maximum absolute atomic E-state index is 13.2. The third-order valence-electron chi connectivity index (χ3n) is 4.44. The second kappa shape index (κ2) is 11.7. The summed E-state index contributed by atoms with van der Waals surface area (Å²) in [6.07, 6.45) is -4.24. The van der Waals surface area contributed by atoms with Crippen molar-refractivity contribution in [3.05, 3.63) is 21.8 Å². The minimum absolute atomic E-state index is 0.00769. The van der Waals surface area contributed by atoms with Gasteiger partial charge in [-0.25, -0.2) is 9.78 Å². The molecule has 1 N–H and O–H groups in total. The minimum atomic E-state index is -4.52. The van der Waals surface area contributed by atoms with Crippen LogP contribution in [0.25, 0.3) is 0 Å². The molecule has 0 radical (unpaired) electrons. The maximum Gasteiger partial charge on any atom is 0.418 e. The molecule has 0 aromatic carbocycles. The molecule has 34 heavy (non-hydrogen) atoms. The molecule has 1 amide bonds. The zero-order valence-electron chi connectivity index (χ0n) is 19.8. The zero-order chi connectivity index (χ0) is 26.4. The second-order valence-electron chi connectivity index (χ2n) is 8.53. The van der Waals surface area contributed by atoms with E-state index in [1.54, 1.807) is 25.7 Å². The highest BCUT2D eigenvalue weighted by Gasteiger charge is 2.37. The Bertz CT molecular complexity index is 901. The van der Waals surface area contributed by atoms with E-state index in [2.05, 4.69) is 20.9 Å². The number of anilines is 1. The lowest BCUT2D eigenvalue weighted by Crippen LogP contribution is -2.57. The lowest BCUT2D eigenvalue weighted by Gasteiger charge is -2.42. The van der Waals surface area contributed by atoms with Gasteiger partial charge in [0.1, 0.15) is 18.0 Å². The fraction of sp³-hybridized carbons (Fsp3) is 0.619. The average molecular weight is 556 g/mol. The molecule has 192 valence electrons. The predicted molar refractivity (Wildman–Crippen MR) is 121 cm³/mol. The van der Waals surface area contributed by atoms with Crippen molar-refractivity contribution in [2.24, 2.45) is 0 Å². The molecule has 2 rings (SSSR count). The van der Waals surface area contributed by atoms with Gasteiger partial charge in [0, 0.05) is 39.7 Å². The first kappa shape index (κ1) is 29.5. The molecule has 0 unspecified atom stereocenters. The summed E-state index contributed by atoms with van der Waals surface area (Å²) in [6, 6.07) is -0.505. The van der Waals surface area contributed by atoms with Crippen molar-refractivity contribution in [1.29, 1.82) is 0 Å². The lowest BCUT2D eigenvalue weighted by atomic mass is 10.1. The van der Waals surface area contributed by atoms with Crippen LogP contribution in [-0.2, 0) is 25.2 Å². The van der Waals surface area contributed by atoms with Gasteiger partial charge in [-0.05, 0) is 49.2 Å². The molecule has 0 saturated carbocycles. The summed E-state index contributed by atoms with van der Waals surface area (Å²) in [5.41, 5.74) is -1.50. The Balaban J connectivity index is 0.00000133. The Morgan fingerprint density at radius 3 is 2.24 bits per heavy atom. The Labute approximate surface area is 204 Å². The monoisotopic (exact) mass is 555 g/mol. The second-order valence-corrected chi connectivity index (χ2v) is 9.32. The van der Waals surface area contributed by atoms with Gasteiger partial charge in [0.15, 0.2) is 0 Å². The molecule has 9 nitrogen and oxygen atoms in total. The Morgan fingerprint density at radius 1 is 1.21 bits per heavy atom. The van der Waals surface area contributed by atoms with Crippen LogP contribution in [-0.4, -0.2) is 70.9 Å². The molecule has 0 aliphatic carbocycles. The van der Waals surface area contributed by atoms with Crippen molar-refractivity contribution in [2.45, 2.75) is 59.4 Å². The van der Waals surface area contributed by atoms with Gasteiger partial charge in [-0.2, -0.15) is 13.2 Å². The summed E-state index contributed by atoms with van der Waals surface area (Å²) >= 11 is 3.23. The van der Waals surface area contributed by atoms with Crippen molar-refractivity contribution in [2.75, 3.05) is 31.1 Å². The van der Waals surface area contributed by atoms with Crippen LogP contribution < -0.4 is 4.90 Å². The number of piperazine rings is 1. The Kier molecular flexibility index (Phi) is 10.2. The third-order valence-corrected chi connectivity index (χ3v) is 5.39. The van der Waals surface area contributed by atoms with Crippen molar-refractivity contribution in [3.8, 4) is 0 Å². The normalized spacial score (nSPS) is 16.4. The topological polar surface area (TPSA) is 109 Å². The maximum atomic E-state index is 13.2. The SMILES string of the molecule is CC(=O)O.CC(=O)OC[C@H]1CN(C(=O)OC(C)(C)C)CCN1c1ncc(C(F)(F)F)c(C)c1Br. The van der Waals surface area contributed by atoms with E-state index in [9.17, 15) is 22.8 Å². The van der Waals surface area contributed by atoms with Crippen molar-refractivity contribution in [1.82, 2.24) is 9.88 Å². The number of carbonyl (C=O) groups is 3. The van der Waals surface area contributed by atoms with Gasteiger partial charge in [-0.1, -0.05) is 0 Å². The van der Waals surface area contributed by atoms with E-state index in [1.807, 2.05) is 0 Å². The van der Waals surface area contributed by atoms with Crippen molar-refractivity contribution >= 4 is 39.8 Å². The van der Waals surface area contributed by atoms with E-state index in [1.165, 1.54) is 18.7 Å². The van der Waals surface area contributed by atoms with E-state index < -0.39 is 41.4 Å². The number of alkyl halides is 3. The summed E-state index contributed by atoms with van der Waals surface area (Å²) in [6.45, 7) is 9.63. The van der Waals surface area contributed by atoms with E-state index in [0.29, 0.717) is 5.82 Å². The highest BCUT2D eigenvalue weighted by molar-refractivity contribution is 9.10. The fourth-order valence-electron chi connectivity index (χ4n) is 3.03. The number of hydrogen-bond donors (Lipinski definition) is 1. The molecule has 1 fully saturated rings. The summed E-state index contributed by atoms with van der Waals surface area (Å²) in [5, 5.41) is 7.42. The Hall–Kier alpha value is -2.57. The number of pyridine rings is 1. The van der Waals surface area contributed by atoms with Gasteiger partial charge in [-0.3, -0.25) is 9.59 Å². The number of amides is 1. The largest absolute Gasteiger partial charge is 0.481 e. The highest BCUT2D eigenvalue weighted by atomic mass is 79.9. The number of halogens is 4. The number of carboxylic acids is 1. The number of hydrogen-bond acceptors (Lipinski definition) is 7. The van der Waals surface area contributed by atoms with E-state index in [0.717, 1.165) is 13.1 Å². The number of aromatic nitrogens is 1. The van der Waals surface area contributed by atoms with Crippen LogP contribution in [0.5, 0.6) is 0 Å². The zero-order valence-corrected chi connectivity index (χ0v) is 21.4. The number of nitrogens with zero attached hydrogens (tertiary/aromatic N) is 3. The van der Waals surface area contributed by atoms with Crippen LogP contribution in [0.4, 0.5) is 23.8 Å². The third kappa shape index (κ3) is 8.99. The summed E-state index contributed by atoms with van der Waals surface area (Å²) in [7, 11) is 0. The van der Waals surface area contributed by atoms with Crippen LogP contribution in [0.1, 0.15) is 45.7 Å². The van der Waals surface area contributed by atoms with Gasteiger partial charge >= 0.3 is 18.2 Å².